The molecule has 37 heavy (non-hydrogen) atoms. The van der Waals surface area contributed by atoms with E-state index < -0.39 is 35.5 Å². The molecule has 0 radical (unpaired) electrons. The Labute approximate surface area is 218 Å². The molecule has 1 aliphatic heterocycles. The van der Waals surface area contributed by atoms with Crippen molar-refractivity contribution in [3.63, 3.8) is 0 Å². The molecular formula is C29H40F2N2O4. The molecule has 3 atom stereocenters. The molecule has 2 aromatic rings. The van der Waals surface area contributed by atoms with Crippen LogP contribution in [-0.2, 0) is 17.6 Å². The number of rotatable bonds is 8. The number of hydrogen-bond acceptors (Lipinski definition) is 5. The van der Waals surface area contributed by atoms with Crippen LogP contribution in [-0.4, -0.2) is 42.1 Å². The minimum absolute atomic E-state index is 0.0247. The zero-order chi connectivity index (χ0) is 27.4. The van der Waals surface area contributed by atoms with Crippen molar-refractivity contribution in [3.05, 3.63) is 64.7 Å². The van der Waals surface area contributed by atoms with Crippen LogP contribution in [0.5, 0.6) is 5.75 Å². The number of nitrogens with one attached hydrogen (secondary N) is 2. The van der Waals surface area contributed by atoms with Crippen LogP contribution in [0.25, 0.3) is 0 Å². The van der Waals surface area contributed by atoms with E-state index in [1.807, 2.05) is 6.07 Å². The fraction of sp³-hybridized carbons (Fsp3) is 0.552. The van der Waals surface area contributed by atoms with E-state index in [4.69, 9.17) is 9.47 Å². The first-order valence-corrected chi connectivity index (χ1v) is 12.8. The molecule has 0 fully saturated rings. The summed E-state index contributed by atoms with van der Waals surface area (Å²) in [4.78, 5) is 12.5. The lowest BCUT2D eigenvalue weighted by molar-refractivity contribution is 0.0418. The number of fused-ring (bicyclic) bond motifs is 1. The quantitative estimate of drug-likeness (QED) is 0.432. The minimum Gasteiger partial charge on any atom is -0.493 e. The van der Waals surface area contributed by atoms with Gasteiger partial charge in [0, 0.05) is 30.6 Å². The third-order valence-electron chi connectivity index (χ3n) is 5.97. The smallest absolute Gasteiger partial charge is 0.407 e. The number of ether oxygens (including phenoxy) is 2. The first-order valence-electron chi connectivity index (χ1n) is 12.8. The van der Waals surface area contributed by atoms with E-state index in [-0.39, 0.29) is 24.4 Å². The van der Waals surface area contributed by atoms with Gasteiger partial charge in [0.1, 0.15) is 23.0 Å². The topological polar surface area (TPSA) is 79.8 Å². The van der Waals surface area contributed by atoms with Gasteiger partial charge in [0.2, 0.25) is 0 Å². The average molecular weight is 519 g/mol. The highest BCUT2D eigenvalue weighted by Gasteiger charge is 2.28. The van der Waals surface area contributed by atoms with Crippen molar-refractivity contribution in [2.45, 2.75) is 84.6 Å². The number of hydrogen-bond donors (Lipinski definition) is 3. The molecule has 1 amide bonds. The molecule has 1 heterocycles. The van der Waals surface area contributed by atoms with E-state index in [2.05, 4.69) is 43.5 Å². The Bertz CT molecular complexity index is 1060. The highest BCUT2D eigenvalue weighted by molar-refractivity contribution is 5.68. The largest absolute Gasteiger partial charge is 0.493 e. The maximum absolute atomic E-state index is 13.8. The molecule has 0 bridgehead atoms. The summed E-state index contributed by atoms with van der Waals surface area (Å²) in [5.74, 6) is -0.624. The molecule has 8 heteroatoms. The van der Waals surface area contributed by atoms with Crippen molar-refractivity contribution in [3.8, 4) is 5.75 Å². The van der Waals surface area contributed by atoms with Crippen molar-refractivity contribution < 1.29 is 28.2 Å². The zero-order valence-electron chi connectivity index (χ0n) is 22.7. The van der Waals surface area contributed by atoms with Crippen molar-refractivity contribution in [1.82, 2.24) is 10.6 Å². The van der Waals surface area contributed by atoms with Gasteiger partial charge in [0.05, 0.1) is 18.8 Å². The van der Waals surface area contributed by atoms with E-state index in [0.717, 1.165) is 30.2 Å². The van der Waals surface area contributed by atoms with Crippen LogP contribution in [0.15, 0.2) is 36.4 Å². The molecule has 6 nitrogen and oxygen atoms in total. The Morgan fingerprint density at radius 2 is 1.76 bits per heavy atom. The van der Waals surface area contributed by atoms with Gasteiger partial charge >= 0.3 is 6.09 Å². The van der Waals surface area contributed by atoms with Crippen molar-refractivity contribution in [2.75, 3.05) is 13.2 Å². The van der Waals surface area contributed by atoms with Gasteiger partial charge in [-0.25, -0.2) is 13.6 Å². The molecule has 3 N–H and O–H groups in total. The normalized spacial score (nSPS) is 17.4. The van der Waals surface area contributed by atoms with E-state index in [9.17, 15) is 18.7 Å². The van der Waals surface area contributed by atoms with Gasteiger partial charge in [-0.1, -0.05) is 32.9 Å². The maximum atomic E-state index is 13.8. The van der Waals surface area contributed by atoms with Crippen LogP contribution in [0.3, 0.4) is 0 Å². The number of alkyl carbamates (subject to hydrolysis) is 1. The summed E-state index contributed by atoms with van der Waals surface area (Å²) >= 11 is 0. The number of benzene rings is 2. The molecule has 2 aromatic carbocycles. The van der Waals surface area contributed by atoms with Gasteiger partial charge < -0.3 is 25.2 Å². The second-order valence-electron chi connectivity index (χ2n) is 12.0. The summed E-state index contributed by atoms with van der Waals surface area (Å²) in [5, 5.41) is 17.2. The molecular weight excluding hydrogens is 478 g/mol. The molecule has 1 aliphatic rings. The lowest BCUT2D eigenvalue weighted by atomic mass is 9.86. The highest BCUT2D eigenvalue weighted by Crippen LogP contribution is 2.34. The van der Waals surface area contributed by atoms with Crippen molar-refractivity contribution in [2.24, 2.45) is 5.41 Å². The van der Waals surface area contributed by atoms with Crippen molar-refractivity contribution >= 4 is 6.09 Å². The van der Waals surface area contributed by atoms with Crippen LogP contribution in [0.2, 0.25) is 0 Å². The number of aliphatic hydroxyl groups is 1. The average Bonchev–Trinajstić information content (AvgIpc) is 2.74. The predicted molar refractivity (Wildman–Crippen MR) is 140 cm³/mol. The number of carbonyl (C=O) groups is 1. The summed E-state index contributed by atoms with van der Waals surface area (Å²) in [7, 11) is 0. The Morgan fingerprint density at radius 3 is 2.38 bits per heavy atom. The Balaban J connectivity index is 1.74. The number of carbonyl (C=O) groups excluding carboxylic acids is 1. The fourth-order valence-electron chi connectivity index (χ4n) is 4.51. The van der Waals surface area contributed by atoms with Crippen LogP contribution in [0, 0.1) is 17.0 Å². The van der Waals surface area contributed by atoms with Crippen LogP contribution in [0.4, 0.5) is 13.6 Å². The van der Waals surface area contributed by atoms with E-state index in [0.29, 0.717) is 12.2 Å². The number of halogens is 2. The molecule has 0 aromatic heterocycles. The Morgan fingerprint density at radius 1 is 1.08 bits per heavy atom. The van der Waals surface area contributed by atoms with E-state index in [1.54, 1.807) is 20.8 Å². The number of aliphatic hydroxyl groups excluding tert-OH is 1. The molecule has 1 unspecified atom stereocenters. The predicted octanol–water partition coefficient (Wildman–Crippen LogP) is 5.46. The van der Waals surface area contributed by atoms with Gasteiger partial charge in [-0.3, -0.25) is 0 Å². The second-order valence-corrected chi connectivity index (χ2v) is 12.0. The van der Waals surface area contributed by atoms with Crippen LogP contribution < -0.4 is 15.4 Å². The van der Waals surface area contributed by atoms with Gasteiger partial charge in [-0.2, -0.15) is 0 Å². The molecule has 3 rings (SSSR count). The third-order valence-corrected chi connectivity index (χ3v) is 5.97. The van der Waals surface area contributed by atoms with E-state index in [1.165, 1.54) is 17.7 Å². The summed E-state index contributed by atoms with van der Waals surface area (Å²) in [6.07, 6.45) is -0.101. The summed E-state index contributed by atoms with van der Waals surface area (Å²) in [5.41, 5.74) is 1.96. The maximum Gasteiger partial charge on any atom is 0.407 e. The molecule has 204 valence electrons. The minimum atomic E-state index is -1.05. The van der Waals surface area contributed by atoms with Crippen LogP contribution >= 0.6 is 0 Å². The summed E-state index contributed by atoms with van der Waals surface area (Å²) in [6.45, 7) is 12.5. The number of amides is 1. The van der Waals surface area contributed by atoms with Gasteiger partial charge in [-0.15, -0.1) is 0 Å². The standard InChI is InChI=1S/C29H40F2N2O4/c1-28(2,3)16-18-7-8-26-22(13-18)23(9-10-36-26)32-17-25(34)24(33-27(35)37-29(4,5)6)14-19-11-20(30)15-21(31)12-19/h7-8,11-13,15,23-25,32,34H,9-10,14,16-17H2,1-6H3,(H,33,35)/t23-,24?,25+/m0/s1. The summed E-state index contributed by atoms with van der Waals surface area (Å²) < 4.78 is 38.8. The van der Waals surface area contributed by atoms with E-state index >= 15 is 0 Å². The van der Waals surface area contributed by atoms with Crippen molar-refractivity contribution in [1.29, 1.82) is 0 Å². The van der Waals surface area contributed by atoms with Gasteiger partial charge in [0.15, 0.2) is 0 Å². The zero-order valence-corrected chi connectivity index (χ0v) is 22.7. The lowest BCUT2D eigenvalue weighted by Gasteiger charge is -2.31. The monoisotopic (exact) mass is 518 g/mol. The molecule has 0 spiro atoms. The highest BCUT2D eigenvalue weighted by atomic mass is 19.1. The second kappa shape index (κ2) is 11.8. The van der Waals surface area contributed by atoms with Crippen LogP contribution in [0.1, 0.15) is 70.7 Å². The fourth-order valence-corrected chi connectivity index (χ4v) is 4.51. The lowest BCUT2D eigenvalue weighted by Crippen LogP contribution is -2.50. The first kappa shape index (κ1) is 28.9. The SMILES string of the molecule is CC(C)(C)Cc1ccc2c(c1)[C@@H](NC[C@@H](O)C(Cc1cc(F)cc(F)c1)NC(=O)OC(C)(C)C)CCO2. The first-order chi connectivity index (χ1) is 17.2. The Kier molecular flexibility index (Phi) is 9.18. The molecule has 0 aliphatic carbocycles. The molecule has 0 saturated heterocycles. The third kappa shape index (κ3) is 9.27. The Hall–Kier alpha value is -2.71. The molecule has 0 saturated carbocycles. The summed E-state index contributed by atoms with van der Waals surface area (Å²) in [6, 6.07) is 8.51. The van der Waals surface area contributed by atoms with Gasteiger partial charge in [-0.05, 0) is 68.4 Å². The van der Waals surface area contributed by atoms with Gasteiger partial charge in [0.25, 0.3) is 0 Å².